The smallest absolute Gasteiger partial charge is 0.163 e. The molecule has 4 heterocycles. The topological polar surface area (TPSA) is 84.1 Å². The minimum atomic E-state index is 0.370. The van der Waals surface area contributed by atoms with Crippen LogP contribution in [0.25, 0.3) is 5.65 Å². The highest BCUT2D eigenvalue weighted by Crippen LogP contribution is 2.25. The van der Waals surface area contributed by atoms with Gasteiger partial charge in [0.2, 0.25) is 0 Å². The Morgan fingerprint density at radius 2 is 2.04 bits per heavy atom. The summed E-state index contributed by atoms with van der Waals surface area (Å²) in [6.45, 7) is 8.21. The summed E-state index contributed by atoms with van der Waals surface area (Å²) in [5.41, 5.74) is 3.19. The van der Waals surface area contributed by atoms with Crippen molar-refractivity contribution in [1.29, 1.82) is 0 Å². The number of anilines is 2. The molecule has 3 aromatic rings. The van der Waals surface area contributed by atoms with Crippen LogP contribution in [0.5, 0.6) is 0 Å². The number of fused-ring (bicyclic) bond motifs is 1. The molecule has 1 aliphatic rings. The zero-order valence-corrected chi connectivity index (χ0v) is 16.9. The largest absolute Gasteiger partial charge is 0.370 e. The summed E-state index contributed by atoms with van der Waals surface area (Å²) >= 11 is 0. The van der Waals surface area contributed by atoms with Crippen molar-refractivity contribution in [3.8, 4) is 0 Å². The minimum absolute atomic E-state index is 0.370. The molecule has 1 fully saturated rings. The summed E-state index contributed by atoms with van der Waals surface area (Å²) in [5.74, 6) is 2.90. The van der Waals surface area contributed by atoms with E-state index < -0.39 is 0 Å². The summed E-state index contributed by atoms with van der Waals surface area (Å²) in [6.07, 6.45) is 6.17. The number of aryl methyl sites for hydroxylation is 1. The van der Waals surface area contributed by atoms with E-state index in [-0.39, 0.29) is 0 Å². The van der Waals surface area contributed by atoms with Crippen LogP contribution in [-0.4, -0.2) is 44.0 Å². The molecule has 8 nitrogen and oxygen atoms in total. The highest BCUT2D eigenvalue weighted by Gasteiger charge is 2.16. The third-order valence-corrected chi connectivity index (χ3v) is 5.52. The van der Waals surface area contributed by atoms with Gasteiger partial charge in [-0.3, -0.25) is 4.68 Å². The van der Waals surface area contributed by atoms with Crippen LogP contribution in [0, 0.1) is 5.92 Å². The average Bonchev–Trinajstić information content (AvgIpc) is 3.31. The van der Waals surface area contributed by atoms with Gasteiger partial charge in [0.05, 0.1) is 18.4 Å². The van der Waals surface area contributed by atoms with Gasteiger partial charge >= 0.3 is 0 Å². The fraction of sp³-hybridized carbons (Fsp3) is 0.550. The van der Waals surface area contributed by atoms with Crippen molar-refractivity contribution in [3.63, 3.8) is 0 Å². The first-order valence-corrected chi connectivity index (χ1v) is 10.2. The van der Waals surface area contributed by atoms with Crippen LogP contribution in [-0.2, 0) is 13.6 Å². The normalized spacial score (nSPS) is 15.4. The van der Waals surface area contributed by atoms with Crippen molar-refractivity contribution >= 4 is 17.3 Å². The molecule has 3 aromatic heterocycles. The van der Waals surface area contributed by atoms with Gasteiger partial charge in [-0.25, -0.2) is 4.98 Å². The molecule has 0 saturated carbocycles. The van der Waals surface area contributed by atoms with E-state index >= 15 is 0 Å². The zero-order valence-electron chi connectivity index (χ0n) is 16.9. The summed E-state index contributed by atoms with van der Waals surface area (Å²) in [4.78, 5) is 4.88. The predicted octanol–water partition coefficient (Wildman–Crippen LogP) is 2.61. The number of hydrogen-bond acceptors (Lipinski definition) is 6. The van der Waals surface area contributed by atoms with Crippen LogP contribution in [0.3, 0.4) is 0 Å². The number of rotatable bonds is 7. The first kappa shape index (κ1) is 18.7. The number of hydrogen-bond donors (Lipinski definition) is 3. The molecule has 150 valence electrons. The molecular weight excluding hydrogens is 352 g/mol. The highest BCUT2D eigenvalue weighted by atomic mass is 15.3. The maximum absolute atomic E-state index is 4.88. The summed E-state index contributed by atoms with van der Waals surface area (Å²) in [7, 11) is 1.95. The Morgan fingerprint density at radius 1 is 1.21 bits per heavy atom. The predicted molar refractivity (Wildman–Crippen MR) is 112 cm³/mol. The number of nitrogens with zero attached hydrogens (tertiary/aromatic N) is 5. The molecule has 1 saturated heterocycles. The van der Waals surface area contributed by atoms with Crippen LogP contribution >= 0.6 is 0 Å². The molecule has 0 aromatic carbocycles. The molecule has 0 atom stereocenters. The first-order chi connectivity index (χ1) is 13.6. The molecule has 0 unspecified atom stereocenters. The van der Waals surface area contributed by atoms with Gasteiger partial charge in [-0.2, -0.15) is 14.7 Å². The maximum Gasteiger partial charge on any atom is 0.163 e. The Balaban J connectivity index is 1.59. The van der Waals surface area contributed by atoms with Crippen molar-refractivity contribution in [1.82, 2.24) is 29.7 Å². The lowest BCUT2D eigenvalue weighted by atomic mass is 9.98. The molecule has 8 heteroatoms. The lowest BCUT2D eigenvalue weighted by Crippen LogP contribution is -2.31. The molecule has 3 N–H and O–H groups in total. The van der Waals surface area contributed by atoms with E-state index in [1.165, 1.54) is 12.8 Å². The highest BCUT2D eigenvalue weighted by molar-refractivity contribution is 5.61. The van der Waals surface area contributed by atoms with Gasteiger partial charge in [-0.05, 0) is 43.8 Å². The van der Waals surface area contributed by atoms with E-state index in [9.17, 15) is 0 Å². The standard InChI is InChI=1S/C20H30N8/c1-14(2)17-13-25-28-19(23-12-16-6-9-24-27(16)3)10-18(26-20(17)28)22-11-15-4-7-21-8-5-15/h6,9-10,13-15,21,23H,4-5,7-8,11-12H2,1-3H3,(H,22,26). The molecular formula is C20H30N8. The average molecular weight is 383 g/mol. The Kier molecular flexibility index (Phi) is 5.47. The number of piperidine rings is 1. The van der Waals surface area contributed by atoms with Crippen LogP contribution in [0.1, 0.15) is 43.9 Å². The molecule has 0 amide bonds. The summed E-state index contributed by atoms with van der Waals surface area (Å²) in [6, 6.07) is 4.08. The molecule has 0 bridgehead atoms. The molecule has 0 spiro atoms. The van der Waals surface area contributed by atoms with E-state index in [0.29, 0.717) is 18.4 Å². The maximum atomic E-state index is 4.88. The fourth-order valence-corrected chi connectivity index (χ4v) is 3.69. The van der Waals surface area contributed by atoms with E-state index in [1.54, 1.807) is 0 Å². The number of aromatic nitrogens is 5. The van der Waals surface area contributed by atoms with Crippen molar-refractivity contribution in [2.75, 3.05) is 30.3 Å². The Labute approximate surface area is 165 Å². The minimum Gasteiger partial charge on any atom is -0.370 e. The van der Waals surface area contributed by atoms with Gasteiger partial charge in [0.15, 0.2) is 5.65 Å². The number of nitrogens with one attached hydrogen (secondary N) is 3. The van der Waals surface area contributed by atoms with E-state index in [0.717, 1.165) is 48.2 Å². The first-order valence-electron chi connectivity index (χ1n) is 10.2. The van der Waals surface area contributed by atoms with Gasteiger partial charge in [-0.1, -0.05) is 13.8 Å². The van der Waals surface area contributed by atoms with Gasteiger partial charge in [-0.15, -0.1) is 0 Å². The van der Waals surface area contributed by atoms with Gasteiger partial charge in [0.1, 0.15) is 11.6 Å². The fourth-order valence-electron chi connectivity index (χ4n) is 3.69. The van der Waals surface area contributed by atoms with Crippen molar-refractivity contribution in [2.24, 2.45) is 13.0 Å². The monoisotopic (exact) mass is 382 g/mol. The second-order valence-corrected chi connectivity index (χ2v) is 7.89. The molecule has 28 heavy (non-hydrogen) atoms. The lowest BCUT2D eigenvalue weighted by molar-refractivity contribution is 0.389. The molecule has 0 aliphatic carbocycles. The van der Waals surface area contributed by atoms with Crippen LogP contribution in [0.15, 0.2) is 24.5 Å². The van der Waals surface area contributed by atoms with Crippen LogP contribution < -0.4 is 16.0 Å². The second kappa shape index (κ2) is 8.18. The van der Waals surface area contributed by atoms with Gasteiger partial charge < -0.3 is 16.0 Å². The van der Waals surface area contributed by atoms with E-state index in [2.05, 4.69) is 46.1 Å². The van der Waals surface area contributed by atoms with E-state index in [4.69, 9.17) is 4.98 Å². The zero-order chi connectivity index (χ0) is 19.5. The van der Waals surface area contributed by atoms with Crippen molar-refractivity contribution in [2.45, 2.75) is 39.2 Å². The lowest BCUT2D eigenvalue weighted by Gasteiger charge is -2.23. The van der Waals surface area contributed by atoms with E-state index in [1.807, 2.05) is 34.7 Å². The Bertz CT molecular complexity index is 920. The van der Waals surface area contributed by atoms with Gasteiger partial charge in [0, 0.05) is 31.4 Å². The SMILES string of the molecule is CC(C)c1cnn2c(NCc3ccnn3C)cc(NCC3CCNCC3)nc12. The molecule has 0 radical (unpaired) electrons. The Hall–Kier alpha value is -2.61. The molecule has 4 rings (SSSR count). The van der Waals surface area contributed by atoms with Gasteiger partial charge in [0.25, 0.3) is 0 Å². The van der Waals surface area contributed by atoms with Crippen LogP contribution in [0.4, 0.5) is 11.6 Å². The quantitative estimate of drug-likeness (QED) is 0.583. The summed E-state index contributed by atoms with van der Waals surface area (Å²) < 4.78 is 3.78. The third-order valence-electron chi connectivity index (χ3n) is 5.52. The van der Waals surface area contributed by atoms with Crippen molar-refractivity contribution in [3.05, 3.63) is 35.8 Å². The summed E-state index contributed by atoms with van der Waals surface area (Å²) in [5, 5.41) is 19.3. The molecule has 1 aliphatic heterocycles. The van der Waals surface area contributed by atoms with Crippen LogP contribution in [0.2, 0.25) is 0 Å². The van der Waals surface area contributed by atoms with Crippen molar-refractivity contribution < 1.29 is 0 Å². The Morgan fingerprint density at radius 3 is 2.75 bits per heavy atom. The third kappa shape index (κ3) is 3.96. The second-order valence-electron chi connectivity index (χ2n) is 7.89.